The molecule has 0 bridgehead atoms. The molecule has 0 saturated heterocycles. The zero-order valence-electron chi connectivity index (χ0n) is 38.5. The maximum Gasteiger partial charge on any atom is 0.230 e. The zero-order valence-corrected chi connectivity index (χ0v) is 38.5. The third-order valence-corrected chi connectivity index (χ3v) is 12.8. The highest BCUT2D eigenvalue weighted by Crippen LogP contribution is 2.63. The summed E-state index contributed by atoms with van der Waals surface area (Å²) in [5.41, 5.74) is 14.3. The Morgan fingerprint density at radius 2 is 0.794 bits per heavy atom. The summed E-state index contributed by atoms with van der Waals surface area (Å²) in [6.45, 7) is 31.7. The molecule has 0 aliphatic heterocycles. The SMILES string of the molecule is [C-]#[N+]c1c(C#N)c(N(c2ccc(C(C)(C)C)cc2)c2ccc(C(C)(C)C)cc2)c2c(c1N(c1ccc(-c3ccccc3)cc1)c1ccc(-c3ccccc3)cc1)C(C)(C)CC2(C)C. The number of anilines is 6. The van der Waals surface area contributed by atoms with E-state index in [1.54, 1.807) is 0 Å². The topological polar surface area (TPSA) is 34.6 Å². The van der Waals surface area contributed by atoms with Crippen LogP contribution in [0.3, 0.4) is 0 Å². The molecule has 63 heavy (non-hydrogen) atoms. The summed E-state index contributed by atoms with van der Waals surface area (Å²) in [5.74, 6) is 0. The molecule has 0 amide bonds. The number of nitrogens with zero attached hydrogens (tertiary/aromatic N) is 4. The molecule has 0 heterocycles. The van der Waals surface area contributed by atoms with Crippen molar-refractivity contribution in [1.82, 2.24) is 0 Å². The number of hydrogen-bond acceptors (Lipinski definition) is 3. The van der Waals surface area contributed by atoms with E-state index in [2.05, 4.69) is 236 Å². The van der Waals surface area contributed by atoms with Gasteiger partial charge in [-0.05, 0) is 121 Å². The van der Waals surface area contributed by atoms with Gasteiger partial charge in [-0.2, -0.15) is 5.26 Å². The van der Waals surface area contributed by atoms with Gasteiger partial charge >= 0.3 is 0 Å². The molecule has 1 aliphatic rings. The first-order chi connectivity index (χ1) is 29.9. The van der Waals surface area contributed by atoms with Crippen molar-refractivity contribution in [3.8, 4) is 28.3 Å². The summed E-state index contributed by atoms with van der Waals surface area (Å²) in [5, 5.41) is 11.6. The van der Waals surface area contributed by atoms with Crippen LogP contribution in [0.4, 0.5) is 39.8 Å². The van der Waals surface area contributed by atoms with Gasteiger partial charge in [0.25, 0.3) is 0 Å². The van der Waals surface area contributed by atoms with Crippen LogP contribution in [0.1, 0.15) is 103 Å². The summed E-state index contributed by atoms with van der Waals surface area (Å²) in [6, 6.07) is 58.3. The van der Waals surface area contributed by atoms with Crippen LogP contribution in [0.15, 0.2) is 158 Å². The van der Waals surface area contributed by atoms with E-state index in [0.29, 0.717) is 11.3 Å². The van der Waals surface area contributed by atoms with E-state index in [1.165, 1.54) is 11.1 Å². The number of nitriles is 1. The van der Waals surface area contributed by atoms with E-state index < -0.39 is 0 Å². The highest BCUT2D eigenvalue weighted by atomic mass is 15.2. The Morgan fingerprint density at radius 3 is 1.13 bits per heavy atom. The number of benzene rings is 7. The Balaban J connectivity index is 1.45. The first-order valence-corrected chi connectivity index (χ1v) is 22.1. The highest BCUT2D eigenvalue weighted by Gasteiger charge is 2.49. The fourth-order valence-electron chi connectivity index (χ4n) is 9.87. The molecule has 0 atom stereocenters. The largest absolute Gasteiger partial charge is 0.320 e. The Morgan fingerprint density at radius 1 is 0.476 bits per heavy atom. The quantitative estimate of drug-likeness (QED) is 0.143. The maximum atomic E-state index is 11.6. The minimum atomic E-state index is -0.375. The molecule has 0 fully saturated rings. The molecule has 0 N–H and O–H groups in total. The first kappa shape index (κ1) is 42.8. The highest BCUT2D eigenvalue weighted by molar-refractivity contribution is 6.00. The van der Waals surface area contributed by atoms with E-state index in [9.17, 15) is 5.26 Å². The van der Waals surface area contributed by atoms with Crippen molar-refractivity contribution in [3.05, 3.63) is 197 Å². The van der Waals surface area contributed by atoms with Gasteiger partial charge in [-0.1, -0.05) is 178 Å². The second-order valence-corrected chi connectivity index (χ2v) is 20.4. The van der Waals surface area contributed by atoms with Crippen molar-refractivity contribution in [2.24, 2.45) is 0 Å². The van der Waals surface area contributed by atoms with Crippen LogP contribution in [0.5, 0.6) is 0 Å². The van der Waals surface area contributed by atoms with Gasteiger partial charge in [0.1, 0.15) is 0 Å². The Kier molecular flexibility index (Phi) is 10.9. The maximum absolute atomic E-state index is 11.6. The smallest absolute Gasteiger partial charge is 0.230 e. The number of fused-ring (bicyclic) bond motifs is 1. The lowest BCUT2D eigenvalue weighted by atomic mass is 9.81. The molecule has 0 aromatic heterocycles. The van der Waals surface area contributed by atoms with Crippen molar-refractivity contribution in [1.29, 1.82) is 5.26 Å². The third-order valence-electron chi connectivity index (χ3n) is 12.8. The van der Waals surface area contributed by atoms with Gasteiger partial charge in [0.05, 0.1) is 29.6 Å². The van der Waals surface area contributed by atoms with Gasteiger partial charge in [0.2, 0.25) is 5.69 Å². The van der Waals surface area contributed by atoms with Crippen LogP contribution >= 0.6 is 0 Å². The van der Waals surface area contributed by atoms with E-state index in [0.717, 1.165) is 73.9 Å². The Labute approximate surface area is 375 Å². The van der Waals surface area contributed by atoms with Crippen LogP contribution in [-0.4, -0.2) is 0 Å². The number of rotatable bonds is 8. The van der Waals surface area contributed by atoms with Crippen LogP contribution in [0.2, 0.25) is 0 Å². The molecule has 8 rings (SSSR count). The van der Waals surface area contributed by atoms with Gasteiger partial charge in [0, 0.05) is 22.7 Å². The summed E-state index contributed by atoms with van der Waals surface area (Å²) in [7, 11) is 0. The lowest BCUT2D eigenvalue weighted by molar-refractivity contribution is 0.403. The van der Waals surface area contributed by atoms with Gasteiger partial charge in [-0.3, -0.25) is 0 Å². The second kappa shape index (κ2) is 16.1. The van der Waals surface area contributed by atoms with E-state index in [4.69, 9.17) is 6.57 Å². The second-order valence-electron chi connectivity index (χ2n) is 20.4. The van der Waals surface area contributed by atoms with Crippen molar-refractivity contribution in [2.75, 3.05) is 9.80 Å². The predicted molar refractivity (Wildman–Crippen MR) is 266 cm³/mol. The summed E-state index contributed by atoms with van der Waals surface area (Å²) in [6.07, 6.45) is 0.829. The van der Waals surface area contributed by atoms with Crippen molar-refractivity contribution < 1.29 is 0 Å². The monoisotopic (exact) mass is 822 g/mol. The fraction of sp³-hybridized carbons (Fsp3) is 0.254. The van der Waals surface area contributed by atoms with Crippen LogP contribution in [-0.2, 0) is 21.7 Å². The molecular formula is C59H58N4. The molecule has 4 nitrogen and oxygen atoms in total. The fourth-order valence-corrected chi connectivity index (χ4v) is 9.87. The van der Waals surface area contributed by atoms with Gasteiger partial charge in [-0.15, -0.1) is 0 Å². The molecular weight excluding hydrogens is 765 g/mol. The molecule has 0 radical (unpaired) electrons. The molecule has 7 aromatic carbocycles. The molecule has 0 saturated carbocycles. The summed E-state index contributed by atoms with van der Waals surface area (Å²) in [4.78, 5) is 8.91. The lowest BCUT2D eigenvalue weighted by Gasteiger charge is -2.37. The summed E-state index contributed by atoms with van der Waals surface area (Å²) >= 11 is 0. The number of hydrogen-bond donors (Lipinski definition) is 0. The normalized spacial score (nSPS) is 14.0. The van der Waals surface area contributed by atoms with Crippen LogP contribution < -0.4 is 9.80 Å². The molecule has 7 aromatic rings. The Hall–Kier alpha value is -6.88. The third kappa shape index (κ3) is 8.04. The average Bonchev–Trinajstić information content (AvgIpc) is 3.47. The predicted octanol–water partition coefficient (Wildman–Crippen LogP) is 16.9. The lowest BCUT2D eigenvalue weighted by Crippen LogP contribution is -2.23. The van der Waals surface area contributed by atoms with Gasteiger partial charge in [0.15, 0.2) is 0 Å². The molecule has 1 aliphatic carbocycles. The molecule has 4 heteroatoms. The zero-order chi connectivity index (χ0) is 44.9. The summed E-state index contributed by atoms with van der Waals surface area (Å²) < 4.78 is 0. The van der Waals surface area contributed by atoms with Gasteiger partial charge in [-0.25, -0.2) is 4.85 Å². The minimum Gasteiger partial charge on any atom is -0.320 e. The standard InChI is InChI=1S/C59H58N4/c1-56(2,3)44-26-34-48(35-27-44)62(49-36-28-45(29-37-49)57(4,5)6)54-50(38-60)53(61-11)55(52-51(54)58(7,8)39-59(52,9)10)63(46-30-22-42(23-31-46)40-18-14-12-15-19-40)47-32-24-43(25-33-47)41-20-16-13-17-21-41/h12-37H,39H2,1-10H3. The molecule has 314 valence electrons. The first-order valence-electron chi connectivity index (χ1n) is 22.1. The van der Waals surface area contributed by atoms with E-state index >= 15 is 0 Å². The van der Waals surface area contributed by atoms with Crippen molar-refractivity contribution >= 4 is 39.8 Å². The van der Waals surface area contributed by atoms with Crippen LogP contribution in [0, 0.1) is 17.9 Å². The van der Waals surface area contributed by atoms with Crippen molar-refractivity contribution in [3.63, 3.8) is 0 Å². The van der Waals surface area contributed by atoms with Crippen molar-refractivity contribution in [2.45, 2.75) is 97.3 Å². The average molecular weight is 823 g/mol. The Bertz CT molecular complexity index is 2700. The van der Waals surface area contributed by atoms with Gasteiger partial charge < -0.3 is 9.80 Å². The minimum absolute atomic E-state index is 0.0379. The van der Waals surface area contributed by atoms with Crippen LogP contribution in [0.25, 0.3) is 27.1 Å². The molecule has 0 unspecified atom stereocenters. The molecule has 0 spiro atoms. The van der Waals surface area contributed by atoms with E-state index in [1.807, 2.05) is 12.1 Å². The van der Waals surface area contributed by atoms with E-state index in [-0.39, 0.29) is 21.7 Å².